The van der Waals surface area contributed by atoms with E-state index in [0.717, 1.165) is 123 Å². The Bertz CT molecular complexity index is 2280. The van der Waals surface area contributed by atoms with Crippen LogP contribution >= 0.6 is 0 Å². The average Bonchev–Trinajstić information content (AvgIpc) is 3.99. The lowest BCUT2D eigenvalue weighted by Gasteiger charge is -2.48. The van der Waals surface area contributed by atoms with Crippen molar-refractivity contribution >= 4 is 40.0 Å². The maximum atomic E-state index is 15.2. The topological polar surface area (TPSA) is 89.8 Å². The Hall–Kier alpha value is -4.77. The smallest absolute Gasteiger partial charge is 0.238 e. The van der Waals surface area contributed by atoms with Crippen molar-refractivity contribution in [1.82, 2.24) is 29.2 Å². The molecule has 2 aliphatic carbocycles. The minimum absolute atomic E-state index is 0.128. The van der Waals surface area contributed by atoms with Gasteiger partial charge in [-0.1, -0.05) is 56.5 Å². The first kappa shape index (κ1) is 39.4. The zero-order valence-electron chi connectivity index (χ0n) is 35.5. The summed E-state index contributed by atoms with van der Waals surface area (Å²) < 4.78 is 17.1. The molecule has 2 amide bonds. The quantitative estimate of drug-likeness (QED) is 0.180. The Morgan fingerprint density at radius 1 is 0.867 bits per heavy atom. The van der Waals surface area contributed by atoms with Crippen LogP contribution in [0.3, 0.4) is 0 Å². The van der Waals surface area contributed by atoms with Crippen LogP contribution in [0.4, 0.5) is 21.6 Å². The lowest BCUT2D eigenvalue weighted by atomic mass is 9.73. The van der Waals surface area contributed by atoms with E-state index in [2.05, 4.69) is 68.1 Å². The number of likely N-dealkylation sites (tertiary alicyclic amines) is 3. The number of hydrogen-bond donors (Lipinski definition) is 1. The summed E-state index contributed by atoms with van der Waals surface area (Å²) in [6.45, 7) is 14.3. The number of aromatic nitrogens is 3. The third-order valence-corrected chi connectivity index (χ3v) is 15.2. The lowest BCUT2D eigenvalue weighted by Crippen LogP contribution is -2.58. The highest BCUT2D eigenvalue weighted by Crippen LogP contribution is 2.53. The molecule has 5 fully saturated rings. The van der Waals surface area contributed by atoms with Gasteiger partial charge in [0.1, 0.15) is 11.3 Å². The number of carbonyl (C=O) groups excluding carboxylic acids is 2. The van der Waals surface area contributed by atoms with Gasteiger partial charge >= 0.3 is 0 Å². The number of carbonyl (C=O) groups is 2. The average molecular weight is 813 g/mol. The molecule has 0 bridgehead atoms. The van der Waals surface area contributed by atoms with Crippen molar-refractivity contribution in [2.75, 3.05) is 49.5 Å². The zero-order valence-corrected chi connectivity index (χ0v) is 35.5. The predicted octanol–water partition coefficient (Wildman–Crippen LogP) is 9.20. The SMILES string of the molecule is C=C(C1CCN(C(=O)C2CCCCC2)C1)N1CCC2(CC1)C(=O)N(C1CC(N3CCCCC3)C1)c1cc(-c3cc4ncn(C(C)C)c4c(Nc4ccccc4F)n3)ccc12. The van der Waals surface area contributed by atoms with E-state index in [0.29, 0.717) is 23.5 Å². The number of piperidine rings is 2. The Balaban J connectivity index is 0.939. The molecule has 10 nitrogen and oxygen atoms in total. The van der Waals surface area contributed by atoms with Crippen LogP contribution in [-0.4, -0.2) is 92.4 Å². The van der Waals surface area contributed by atoms with Crippen LogP contribution in [0.25, 0.3) is 22.3 Å². The summed E-state index contributed by atoms with van der Waals surface area (Å²) in [5.41, 5.74) is 6.26. The molecule has 2 aromatic carbocycles. The molecule has 3 saturated heterocycles. The van der Waals surface area contributed by atoms with Crippen LogP contribution in [0.1, 0.15) is 109 Å². The minimum atomic E-state index is -0.593. The fourth-order valence-corrected chi connectivity index (χ4v) is 11.6. The van der Waals surface area contributed by atoms with E-state index in [1.54, 1.807) is 12.1 Å². The van der Waals surface area contributed by atoms with Gasteiger partial charge in [-0.05, 0) is 115 Å². The summed E-state index contributed by atoms with van der Waals surface area (Å²) in [6.07, 6.45) is 15.8. The largest absolute Gasteiger partial charge is 0.375 e. The van der Waals surface area contributed by atoms with Crippen molar-refractivity contribution in [2.24, 2.45) is 11.8 Å². The van der Waals surface area contributed by atoms with Crippen LogP contribution in [0.2, 0.25) is 0 Å². The first-order chi connectivity index (χ1) is 29.2. The third kappa shape index (κ3) is 6.88. The Kier molecular flexibility index (Phi) is 10.4. The number of amides is 2. The van der Waals surface area contributed by atoms with Gasteiger partial charge < -0.3 is 29.5 Å². The number of anilines is 3. The first-order valence-electron chi connectivity index (χ1n) is 23.0. The second-order valence-electron chi connectivity index (χ2n) is 19.0. The number of benzene rings is 2. The third-order valence-electron chi connectivity index (χ3n) is 15.2. The van der Waals surface area contributed by atoms with E-state index >= 15 is 9.18 Å². The van der Waals surface area contributed by atoms with Crippen molar-refractivity contribution < 1.29 is 14.0 Å². The monoisotopic (exact) mass is 812 g/mol. The maximum Gasteiger partial charge on any atom is 0.238 e. The van der Waals surface area contributed by atoms with E-state index < -0.39 is 5.41 Å². The summed E-state index contributed by atoms with van der Waals surface area (Å²) in [5, 5.41) is 3.30. The Morgan fingerprint density at radius 2 is 1.62 bits per heavy atom. The van der Waals surface area contributed by atoms with Crippen LogP contribution < -0.4 is 10.2 Å². The van der Waals surface area contributed by atoms with Gasteiger partial charge in [-0.3, -0.25) is 9.59 Å². The zero-order chi connectivity index (χ0) is 41.1. The summed E-state index contributed by atoms with van der Waals surface area (Å²) in [4.78, 5) is 47.9. The molecule has 1 unspecified atom stereocenters. The van der Waals surface area contributed by atoms with Gasteiger partial charge in [-0.15, -0.1) is 0 Å². The fourth-order valence-electron chi connectivity index (χ4n) is 11.6. The summed E-state index contributed by atoms with van der Waals surface area (Å²) in [7, 11) is 0. The molecule has 4 aromatic rings. The van der Waals surface area contributed by atoms with Crippen LogP contribution in [0.5, 0.6) is 0 Å². The molecular weight excluding hydrogens is 752 g/mol. The number of rotatable bonds is 9. The highest BCUT2D eigenvalue weighted by Gasteiger charge is 2.56. The highest BCUT2D eigenvalue weighted by molar-refractivity contribution is 6.09. The molecule has 1 atom stereocenters. The van der Waals surface area contributed by atoms with Crippen molar-refractivity contribution in [3.63, 3.8) is 0 Å². The number of nitrogens with zero attached hydrogens (tertiary/aromatic N) is 7. The van der Waals surface area contributed by atoms with Gasteiger partial charge in [0.25, 0.3) is 0 Å². The lowest BCUT2D eigenvalue weighted by molar-refractivity contribution is -0.135. The van der Waals surface area contributed by atoms with Gasteiger partial charge in [-0.25, -0.2) is 14.4 Å². The standard InChI is InChI=1S/C49H61FN8O2/c1-32(2)57-31-51-43-29-42(53-46(45(43)57)52-41-15-9-8-14-40(41)50)35-16-17-39-44(26-35)58(38-27-37(28-38)55-21-10-5-11-22-55)48(60)49(39)19-24-54(25-20-49)33(3)36-18-23-56(30-36)47(59)34-12-6-4-7-13-34/h8-9,14-17,26,29,31-32,34,36-38H,3-7,10-13,18-25,27-28,30H2,1-2H3,(H,52,53). The summed E-state index contributed by atoms with van der Waals surface area (Å²) in [5.74, 6) is 1.26. The van der Waals surface area contributed by atoms with Crippen LogP contribution in [-0.2, 0) is 15.0 Å². The molecule has 4 aliphatic heterocycles. The molecule has 60 heavy (non-hydrogen) atoms. The van der Waals surface area contributed by atoms with E-state index in [9.17, 15) is 4.79 Å². The van der Waals surface area contributed by atoms with Crippen LogP contribution in [0, 0.1) is 17.7 Å². The number of para-hydroxylation sites is 1. The molecule has 1 spiro atoms. The molecule has 2 saturated carbocycles. The van der Waals surface area contributed by atoms with E-state index in [1.165, 1.54) is 44.6 Å². The van der Waals surface area contributed by atoms with Gasteiger partial charge in [0.2, 0.25) is 11.8 Å². The molecule has 0 radical (unpaired) electrons. The van der Waals surface area contributed by atoms with E-state index in [4.69, 9.17) is 9.97 Å². The second-order valence-corrected chi connectivity index (χ2v) is 19.0. The molecule has 10 rings (SSSR count). The van der Waals surface area contributed by atoms with Crippen molar-refractivity contribution in [1.29, 1.82) is 0 Å². The Morgan fingerprint density at radius 3 is 2.37 bits per heavy atom. The van der Waals surface area contributed by atoms with Gasteiger partial charge in [0, 0.05) is 73.1 Å². The highest BCUT2D eigenvalue weighted by atomic mass is 19.1. The number of hydrogen-bond acceptors (Lipinski definition) is 7. The normalized spacial score (nSPS) is 24.7. The molecule has 11 heteroatoms. The van der Waals surface area contributed by atoms with Crippen molar-refractivity contribution in [3.05, 3.63) is 78.5 Å². The van der Waals surface area contributed by atoms with Gasteiger partial charge in [-0.2, -0.15) is 0 Å². The second kappa shape index (κ2) is 15.9. The fraction of sp³-hybridized carbons (Fsp3) is 0.551. The number of pyridine rings is 1. The molecule has 1 N–H and O–H groups in total. The molecule has 2 aromatic heterocycles. The number of fused-ring (bicyclic) bond motifs is 3. The number of halogens is 1. The molecular formula is C49H61FN8O2. The predicted molar refractivity (Wildman–Crippen MR) is 236 cm³/mol. The van der Waals surface area contributed by atoms with Crippen LogP contribution in [0.15, 0.2) is 67.1 Å². The Labute approximate surface area is 354 Å². The van der Waals surface area contributed by atoms with E-state index in [-0.39, 0.29) is 35.6 Å². The van der Waals surface area contributed by atoms with Gasteiger partial charge in [0.15, 0.2) is 5.82 Å². The molecule has 6 aliphatic rings. The number of nitrogens with one attached hydrogen (secondary N) is 1. The maximum absolute atomic E-state index is 15.2. The molecule has 316 valence electrons. The van der Waals surface area contributed by atoms with E-state index in [1.807, 2.05) is 18.5 Å². The minimum Gasteiger partial charge on any atom is -0.375 e. The first-order valence-corrected chi connectivity index (χ1v) is 23.0. The summed E-state index contributed by atoms with van der Waals surface area (Å²) >= 11 is 0. The van der Waals surface area contributed by atoms with Gasteiger partial charge in [0.05, 0.1) is 28.6 Å². The number of imidazole rings is 1. The summed E-state index contributed by atoms with van der Waals surface area (Å²) in [6, 6.07) is 16.0. The molecule has 6 heterocycles. The van der Waals surface area contributed by atoms with Crippen molar-refractivity contribution in [2.45, 2.75) is 121 Å². The van der Waals surface area contributed by atoms with Crippen molar-refractivity contribution in [3.8, 4) is 11.3 Å².